The molecule has 1 fully saturated rings. The maximum Gasteiger partial charge on any atom is 0.273 e. The van der Waals surface area contributed by atoms with Gasteiger partial charge in [-0.05, 0) is 39.2 Å². The summed E-state index contributed by atoms with van der Waals surface area (Å²) in [6.45, 7) is 7.09. The number of rotatable bonds is 7. The van der Waals surface area contributed by atoms with Crippen LogP contribution in [0.4, 0.5) is 0 Å². The topological polar surface area (TPSA) is 87.5 Å². The maximum absolute atomic E-state index is 12.2. The molecule has 1 atom stereocenters. The third-order valence-corrected chi connectivity index (χ3v) is 5.08. The second-order valence-corrected chi connectivity index (χ2v) is 7.53. The highest BCUT2D eigenvalue weighted by atomic mass is 16.5. The van der Waals surface area contributed by atoms with Crippen LogP contribution in [0.3, 0.4) is 0 Å². The van der Waals surface area contributed by atoms with Gasteiger partial charge in [0.2, 0.25) is 5.91 Å². The number of likely N-dealkylation sites (tertiary alicyclic amines) is 1. The first kappa shape index (κ1) is 20.1. The van der Waals surface area contributed by atoms with Crippen molar-refractivity contribution in [2.75, 3.05) is 26.2 Å². The minimum Gasteiger partial charge on any atom is -0.355 e. The van der Waals surface area contributed by atoms with E-state index < -0.39 is 5.91 Å². The van der Waals surface area contributed by atoms with Crippen LogP contribution in [0.1, 0.15) is 37.2 Å². The van der Waals surface area contributed by atoms with Crippen molar-refractivity contribution in [3.8, 4) is 11.3 Å². The summed E-state index contributed by atoms with van der Waals surface area (Å²) < 4.78 is 5.22. The monoisotopic (exact) mass is 384 g/mol. The highest BCUT2D eigenvalue weighted by Crippen LogP contribution is 2.19. The number of benzene rings is 1. The van der Waals surface area contributed by atoms with Gasteiger partial charge in [-0.2, -0.15) is 0 Å². The van der Waals surface area contributed by atoms with E-state index in [0.717, 1.165) is 31.5 Å². The van der Waals surface area contributed by atoms with Crippen molar-refractivity contribution in [2.24, 2.45) is 5.92 Å². The van der Waals surface area contributed by atoms with E-state index in [1.165, 1.54) is 0 Å². The molecule has 2 amide bonds. The van der Waals surface area contributed by atoms with Crippen LogP contribution in [-0.2, 0) is 4.79 Å². The Kier molecular flexibility index (Phi) is 6.81. The lowest BCUT2D eigenvalue weighted by atomic mass is 9.97. The Balaban J connectivity index is 1.42. The minimum absolute atomic E-state index is 0.0764. The molecule has 1 saturated heterocycles. The summed E-state index contributed by atoms with van der Waals surface area (Å²) in [5.74, 6) is 0.355. The van der Waals surface area contributed by atoms with Crippen molar-refractivity contribution in [3.05, 3.63) is 42.1 Å². The molecular formula is C21H28N4O3. The van der Waals surface area contributed by atoms with E-state index in [9.17, 15) is 9.59 Å². The number of hydrogen-bond donors (Lipinski definition) is 2. The number of carbonyl (C=O) groups is 2. The zero-order chi connectivity index (χ0) is 19.9. The van der Waals surface area contributed by atoms with E-state index in [-0.39, 0.29) is 18.1 Å². The number of carbonyl (C=O) groups excluding carboxylic acids is 2. The Morgan fingerprint density at radius 1 is 1.25 bits per heavy atom. The van der Waals surface area contributed by atoms with E-state index in [1.54, 1.807) is 6.07 Å². The van der Waals surface area contributed by atoms with Crippen molar-refractivity contribution in [2.45, 2.75) is 32.7 Å². The molecule has 28 heavy (non-hydrogen) atoms. The molecule has 1 aromatic heterocycles. The third-order valence-electron chi connectivity index (χ3n) is 5.08. The molecule has 2 aromatic rings. The standard InChI is InChI=1S/C21H28N4O3/c1-15(2)25-10-6-7-16(14-25)12-22-20(26)13-23-21(27)18-11-19(28-24-18)17-8-4-3-5-9-17/h3-5,8-9,11,15-16H,6-7,10,12-14H2,1-2H3,(H,22,26)(H,23,27). The minimum atomic E-state index is -0.426. The zero-order valence-electron chi connectivity index (χ0n) is 16.5. The molecule has 1 aromatic carbocycles. The van der Waals surface area contributed by atoms with Gasteiger partial charge < -0.3 is 20.1 Å². The third kappa shape index (κ3) is 5.42. The molecule has 0 bridgehead atoms. The van der Waals surface area contributed by atoms with Crippen LogP contribution in [-0.4, -0.2) is 54.1 Å². The molecule has 1 aliphatic heterocycles. The normalized spacial score (nSPS) is 17.5. The first-order valence-electron chi connectivity index (χ1n) is 9.84. The average Bonchev–Trinajstić information content (AvgIpc) is 3.22. The first-order chi connectivity index (χ1) is 13.5. The van der Waals surface area contributed by atoms with Gasteiger partial charge in [-0.15, -0.1) is 0 Å². The maximum atomic E-state index is 12.2. The Bertz CT molecular complexity index is 788. The van der Waals surface area contributed by atoms with Crippen LogP contribution in [0.25, 0.3) is 11.3 Å². The van der Waals surface area contributed by atoms with Gasteiger partial charge in [0.05, 0.1) is 6.54 Å². The molecule has 7 heteroatoms. The fraction of sp³-hybridized carbons (Fsp3) is 0.476. The smallest absolute Gasteiger partial charge is 0.273 e. The van der Waals surface area contributed by atoms with Crippen LogP contribution in [0, 0.1) is 5.92 Å². The number of nitrogens with one attached hydrogen (secondary N) is 2. The van der Waals surface area contributed by atoms with Gasteiger partial charge in [0.1, 0.15) is 0 Å². The van der Waals surface area contributed by atoms with E-state index >= 15 is 0 Å². The second kappa shape index (κ2) is 9.50. The predicted molar refractivity (Wildman–Crippen MR) is 107 cm³/mol. The van der Waals surface area contributed by atoms with Gasteiger partial charge in [0.25, 0.3) is 5.91 Å². The molecule has 0 aliphatic carbocycles. The van der Waals surface area contributed by atoms with Crippen LogP contribution in [0.15, 0.2) is 40.9 Å². The fourth-order valence-corrected chi connectivity index (χ4v) is 3.43. The largest absolute Gasteiger partial charge is 0.355 e. The van der Waals surface area contributed by atoms with Crippen LogP contribution in [0.5, 0.6) is 0 Å². The van der Waals surface area contributed by atoms with Gasteiger partial charge in [0.15, 0.2) is 11.5 Å². The molecule has 150 valence electrons. The predicted octanol–water partition coefficient (Wildman–Crippen LogP) is 2.31. The van der Waals surface area contributed by atoms with Gasteiger partial charge >= 0.3 is 0 Å². The molecule has 0 saturated carbocycles. The quantitative estimate of drug-likeness (QED) is 0.765. The van der Waals surface area contributed by atoms with Crippen molar-refractivity contribution >= 4 is 11.8 Å². The van der Waals surface area contributed by atoms with Crippen molar-refractivity contribution in [1.29, 1.82) is 0 Å². The first-order valence-corrected chi connectivity index (χ1v) is 9.84. The fourth-order valence-electron chi connectivity index (χ4n) is 3.43. The summed E-state index contributed by atoms with van der Waals surface area (Å²) in [6, 6.07) is 11.5. The number of nitrogens with zero attached hydrogens (tertiary/aromatic N) is 2. The molecule has 0 spiro atoms. The molecule has 7 nitrogen and oxygen atoms in total. The Morgan fingerprint density at radius 3 is 2.79 bits per heavy atom. The Hall–Kier alpha value is -2.67. The number of aromatic nitrogens is 1. The van der Waals surface area contributed by atoms with Crippen molar-refractivity contribution in [1.82, 2.24) is 20.7 Å². The van der Waals surface area contributed by atoms with E-state index in [4.69, 9.17) is 4.52 Å². The second-order valence-electron chi connectivity index (χ2n) is 7.53. The zero-order valence-corrected chi connectivity index (χ0v) is 16.5. The number of piperidine rings is 1. The molecule has 2 N–H and O–H groups in total. The van der Waals surface area contributed by atoms with Crippen LogP contribution in [0.2, 0.25) is 0 Å². The summed E-state index contributed by atoms with van der Waals surface area (Å²) in [4.78, 5) is 26.7. The lowest BCUT2D eigenvalue weighted by molar-refractivity contribution is -0.120. The van der Waals surface area contributed by atoms with Gasteiger partial charge in [0, 0.05) is 30.8 Å². The summed E-state index contributed by atoms with van der Waals surface area (Å²) >= 11 is 0. The van der Waals surface area contributed by atoms with E-state index in [1.807, 2.05) is 30.3 Å². The molecular weight excluding hydrogens is 356 g/mol. The SMILES string of the molecule is CC(C)N1CCCC(CNC(=O)CNC(=O)c2cc(-c3ccccc3)on2)C1. The molecule has 2 heterocycles. The lowest BCUT2D eigenvalue weighted by Crippen LogP contribution is -2.45. The van der Waals surface area contributed by atoms with Crippen LogP contribution < -0.4 is 10.6 Å². The summed E-state index contributed by atoms with van der Waals surface area (Å²) in [7, 11) is 0. The number of hydrogen-bond acceptors (Lipinski definition) is 5. The highest BCUT2D eigenvalue weighted by molar-refractivity contribution is 5.95. The van der Waals surface area contributed by atoms with Gasteiger partial charge in [-0.1, -0.05) is 35.5 Å². The van der Waals surface area contributed by atoms with E-state index in [2.05, 4.69) is 34.5 Å². The summed E-state index contributed by atoms with van der Waals surface area (Å²) in [5, 5.41) is 9.31. The molecule has 1 aliphatic rings. The van der Waals surface area contributed by atoms with Crippen molar-refractivity contribution < 1.29 is 14.1 Å². The summed E-state index contributed by atoms with van der Waals surface area (Å²) in [5.41, 5.74) is 1.00. The van der Waals surface area contributed by atoms with Gasteiger partial charge in [-0.25, -0.2) is 0 Å². The Morgan fingerprint density at radius 2 is 2.04 bits per heavy atom. The van der Waals surface area contributed by atoms with Crippen LogP contribution >= 0.6 is 0 Å². The molecule has 1 unspecified atom stereocenters. The lowest BCUT2D eigenvalue weighted by Gasteiger charge is -2.35. The van der Waals surface area contributed by atoms with Gasteiger partial charge in [-0.3, -0.25) is 9.59 Å². The van der Waals surface area contributed by atoms with Crippen molar-refractivity contribution in [3.63, 3.8) is 0 Å². The average molecular weight is 384 g/mol. The molecule has 0 radical (unpaired) electrons. The highest BCUT2D eigenvalue weighted by Gasteiger charge is 2.22. The summed E-state index contributed by atoms with van der Waals surface area (Å²) in [6.07, 6.45) is 2.28. The number of amides is 2. The Labute approximate surface area is 165 Å². The van der Waals surface area contributed by atoms with E-state index in [0.29, 0.717) is 24.3 Å². The molecule has 3 rings (SSSR count).